The summed E-state index contributed by atoms with van der Waals surface area (Å²) in [7, 11) is 0. The van der Waals surface area contributed by atoms with E-state index in [0.29, 0.717) is 18.2 Å². The van der Waals surface area contributed by atoms with Crippen molar-refractivity contribution in [2.75, 3.05) is 6.61 Å². The first kappa shape index (κ1) is 27.0. The largest absolute Gasteiger partial charge is 0.478 e. The molecule has 0 unspecified atom stereocenters. The van der Waals surface area contributed by atoms with E-state index in [9.17, 15) is 4.79 Å². The number of pyridine rings is 1. The lowest BCUT2D eigenvalue weighted by Gasteiger charge is -2.37. The van der Waals surface area contributed by atoms with Gasteiger partial charge in [0.2, 0.25) is 5.88 Å². The first-order valence-electron chi connectivity index (χ1n) is 14.5. The zero-order chi connectivity index (χ0) is 24.0. The van der Waals surface area contributed by atoms with Crippen LogP contribution in [0.1, 0.15) is 123 Å². The maximum absolute atomic E-state index is 12.7. The van der Waals surface area contributed by atoms with Crippen molar-refractivity contribution in [3.05, 3.63) is 18.3 Å². The van der Waals surface area contributed by atoms with Crippen LogP contribution in [0.15, 0.2) is 18.3 Å². The highest BCUT2D eigenvalue weighted by Gasteiger charge is 2.33. The molecule has 0 aromatic carbocycles. The Hall–Kier alpha value is -1.58. The SMILES string of the molecule is CCCCCCC[C@H]1CC[C@H]([C@H]2CC[C@H](C(=O)Oc3ccc(OCCCCC)nc3)CC2)CC1. The lowest BCUT2D eigenvalue weighted by Crippen LogP contribution is -2.30. The average molecular weight is 472 g/mol. The molecule has 1 aromatic heterocycles. The molecule has 3 rings (SSSR count). The van der Waals surface area contributed by atoms with E-state index >= 15 is 0 Å². The predicted octanol–water partition coefficient (Wildman–Crippen LogP) is 8.53. The molecule has 0 spiro atoms. The van der Waals surface area contributed by atoms with Crippen molar-refractivity contribution in [2.24, 2.45) is 23.7 Å². The zero-order valence-electron chi connectivity index (χ0n) is 21.9. The highest BCUT2D eigenvalue weighted by Crippen LogP contribution is 2.42. The van der Waals surface area contributed by atoms with Gasteiger partial charge in [0.25, 0.3) is 0 Å². The van der Waals surface area contributed by atoms with Crippen molar-refractivity contribution in [1.82, 2.24) is 4.98 Å². The van der Waals surface area contributed by atoms with Gasteiger partial charge < -0.3 is 9.47 Å². The van der Waals surface area contributed by atoms with Gasteiger partial charge in [0.05, 0.1) is 18.7 Å². The molecule has 2 aliphatic carbocycles. The van der Waals surface area contributed by atoms with E-state index in [1.807, 2.05) is 0 Å². The summed E-state index contributed by atoms with van der Waals surface area (Å²) in [5.41, 5.74) is 0. The number of aromatic nitrogens is 1. The number of esters is 1. The summed E-state index contributed by atoms with van der Waals surface area (Å²) in [5, 5.41) is 0. The van der Waals surface area contributed by atoms with Gasteiger partial charge in [0.15, 0.2) is 0 Å². The Bertz CT molecular complexity index is 673. The van der Waals surface area contributed by atoms with Crippen molar-refractivity contribution in [1.29, 1.82) is 0 Å². The average Bonchev–Trinajstić information content (AvgIpc) is 2.88. The number of nitrogens with zero attached hydrogens (tertiary/aromatic N) is 1. The van der Waals surface area contributed by atoms with Crippen LogP contribution in [0.2, 0.25) is 0 Å². The molecule has 192 valence electrons. The van der Waals surface area contributed by atoms with E-state index < -0.39 is 0 Å². The number of hydrogen-bond acceptors (Lipinski definition) is 4. The molecule has 0 radical (unpaired) electrons. The Balaban J connectivity index is 1.30. The summed E-state index contributed by atoms with van der Waals surface area (Å²) in [6, 6.07) is 3.60. The third-order valence-corrected chi connectivity index (χ3v) is 8.30. The fourth-order valence-corrected chi connectivity index (χ4v) is 6.05. The van der Waals surface area contributed by atoms with Crippen LogP contribution in [0.4, 0.5) is 0 Å². The van der Waals surface area contributed by atoms with Crippen LogP contribution in [0.3, 0.4) is 0 Å². The second-order valence-electron chi connectivity index (χ2n) is 10.9. The lowest BCUT2D eigenvalue weighted by molar-refractivity contribution is -0.140. The lowest BCUT2D eigenvalue weighted by atomic mass is 9.68. The molecule has 2 fully saturated rings. The summed E-state index contributed by atoms with van der Waals surface area (Å²) >= 11 is 0. The molecule has 1 heterocycles. The molecule has 2 aliphatic rings. The number of rotatable bonds is 14. The van der Waals surface area contributed by atoms with E-state index in [2.05, 4.69) is 18.8 Å². The van der Waals surface area contributed by atoms with Gasteiger partial charge in [-0.3, -0.25) is 4.79 Å². The standard InChI is InChI=1S/C30H49NO3/c1-3-5-7-8-9-11-24-12-14-25(15-13-24)26-16-18-27(19-17-26)30(32)34-28-20-21-29(31-23-28)33-22-10-6-4-2/h20-21,23-27H,3-19,22H2,1-2H3/t24-,25-,26-,27-. The van der Waals surface area contributed by atoms with Crippen LogP contribution in [-0.4, -0.2) is 17.6 Å². The summed E-state index contributed by atoms with van der Waals surface area (Å²) < 4.78 is 11.3. The van der Waals surface area contributed by atoms with E-state index in [4.69, 9.17) is 9.47 Å². The van der Waals surface area contributed by atoms with Gasteiger partial charge in [-0.2, -0.15) is 0 Å². The minimum Gasteiger partial charge on any atom is -0.478 e. The van der Waals surface area contributed by atoms with Crippen LogP contribution in [-0.2, 0) is 4.79 Å². The number of carbonyl (C=O) groups is 1. The molecule has 0 atom stereocenters. The highest BCUT2D eigenvalue weighted by molar-refractivity contribution is 5.75. The van der Waals surface area contributed by atoms with Crippen molar-refractivity contribution < 1.29 is 14.3 Å². The third-order valence-electron chi connectivity index (χ3n) is 8.30. The van der Waals surface area contributed by atoms with Gasteiger partial charge >= 0.3 is 5.97 Å². The van der Waals surface area contributed by atoms with Gasteiger partial charge in [0.1, 0.15) is 5.75 Å². The smallest absolute Gasteiger partial charge is 0.314 e. The van der Waals surface area contributed by atoms with Gasteiger partial charge in [-0.15, -0.1) is 0 Å². The fourth-order valence-electron chi connectivity index (χ4n) is 6.05. The van der Waals surface area contributed by atoms with Crippen LogP contribution in [0, 0.1) is 23.7 Å². The third kappa shape index (κ3) is 9.23. The predicted molar refractivity (Wildman–Crippen MR) is 139 cm³/mol. The zero-order valence-corrected chi connectivity index (χ0v) is 21.9. The number of hydrogen-bond donors (Lipinski definition) is 0. The van der Waals surface area contributed by atoms with E-state index in [1.165, 1.54) is 89.9 Å². The Morgan fingerprint density at radius 2 is 1.47 bits per heavy atom. The summed E-state index contributed by atoms with van der Waals surface area (Å²) in [4.78, 5) is 17.0. The minimum absolute atomic E-state index is 0.0423. The minimum atomic E-state index is -0.0800. The fraction of sp³-hybridized carbons (Fsp3) is 0.800. The van der Waals surface area contributed by atoms with Crippen LogP contribution in [0.25, 0.3) is 0 Å². The summed E-state index contributed by atoms with van der Waals surface area (Å²) in [5.74, 6) is 3.78. The quantitative estimate of drug-likeness (QED) is 0.201. The first-order valence-corrected chi connectivity index (χ1v) is 14.5. The molecule has 0 N–H and O–H groups in total. The molecule has 2 saturated carbocycles. The van der Waals surface area contributed by atoms with Crippen LogP contribution in [0.5, 0.6) is 11.6 Å². The maximum atomic E-state index is 12.7. The Morgan fingerprint density at radius 1 is 0.824 bits per heavy atom. The van der Waals surface area contributed by atoms with Crippen molar-refractivity contribution >= 4 is 5.97 Å². The molecular weight excluding hydrogens is 422 g/mol. The molecule has 0 saturated heterocycles. The Kier molecular flexibility index (Phi) is 12.3. The molecule has 4 heteroatoms. The Morgan fingerprint density at radius 3 is 2.12 bits per heavy atom. The molecule has 0 aliphatic heterocycles. The number of unbranched alkanes of at least 4 members (excludes halogenated alkanes) is 6. The van der Waals surface area contributed by atoms with Crippen LogP contribution >= 0.6 is 0 Å². The normalized spacial score (nSPS) is 25.1. The van der Waals surface area contributed by atoms with Crippen molar-refractivity contribution in [3.8, 4) is 11.6 Å². The second kappa shape index (κ2) is 15.4. The molecular formula is C30H49NO3. The monoisotopic (exact) mass is 471 g/mol. The van der Waals surface area contributed by atoms with Gasteiger partial charge in [-0.05, 0) is 68.8 Å². The second-order valence-corrected chi connectivity index (χ2v) is 10.9. The summed E-state index contributed by atoms with van der Waals surface area (Å²) in [6.45, 7) is 5.15. The Labute approximate surface area is 208 Å². The van der Waals surface area contributed by atoms with Gasteiger partial charge in [-0.1, -0.05) is 78.1 Å². The number of ether oxygens (including phenoxy) is 2. The van der Waals surface area contributed by atoms with E-state index in [0.717, 1.165) is 37.0 Å². The van der Waals surface area contributed by atoms with Crippen molar-refractivity contribution in [2.45, 2.75) is 123 Å². The molecule has 0 amide bonds. The van der Waals surface area contributed by atoms with E-state index in [1.54, 1.807) is 18.3 Å². The van der Waals surface area contributed by atoms with Crippen LogP contribution < -0.4 is 9.47 Å². The van der Waals surface area contributed by atoms with E-state index in [-0.39, 0.29) is 11.9 Å². The summed E-state index contributed by atoms with van der Waals surface area (Å²) in [6.07, 6.45) is 23.5. The molecule has 4 nitrogen and oxygen atoms in total. The molecule has 1 aromatic rings. The number of carbonyl (C=O) groups excluding carboxylic acids is 1. The highest BCUT2D eigenvalue weighted by atomic mass is 16.5. The van der Waals surface area contributed by atoms with Gasteiger partial charge in [0, 0.05) is 6.07 Å². The molecule has 0 bridgehead atoms. The molecule has 34 heavy (non-hydrogen) atoms. The van der Waals surface area contributed by atoms with Gasteiger partial charge in [-0.25, -0.2) is 4.98 Å². The topological polar surface area (TPSA) is 48.4 Å². The maximum Gasteiger partial charge on any atom is 0.314 e. The first-order chi connectivity index (χ1) is 16.7. The van der Waals surface area contributed by atoms with Crippen molar-refractivity contribution in [3.63, 3.8) is 0 Å².